The van der Waals surface area contributed by atoms with Gasteiger partial charge in [0.25, 0.3) is 0 Å². The minimum atomic E-state index is -0.218. The summed E-state index contributed by atoms with van der Waals surface area (Å²) in [6.45, 7) is 6.65. The van der Waals surface area contributed by atoms with Crippen LogP contribution in [0.3, 0.4) is 0 Å². The Bertz CT molecular complexity index is 1150. The van der Waals surface area contributed by atoms with Crippen LogP contribution in [0.25, 0.3) is 10.9 Å². The molecule has 6 nitrogen and oxygen atoms in total. The molecule has 3 aromatic heterocycles. The van der Waals surface area contributed by atoms with E-state index in [4.69, 9.17) is 0 Å². The number of anilines is 3. The monoisotopic (exact) mass is 390 g/mol. The van der Waals surface area contributed by atoms with E-state index in [1.54, 1.807) is 6.20 Å². The number of aryl methyl sites for hydroxylation is 3. The summed E-state index contributed by atoms with van der Waals surface area (Å²) in [5, 5.41) is 7.47. The largest absolute Gasteiger partial charge is 0.370 e. The van der Waals surface area contributed by atoms with Crippen molar-refractivity contribution < 1.29 is 4.39 Å². The van der Waals surface area contributed by atoms with Crippen molar-refractivity contribution in [3.8, 4) is 0 Å². The van der Waals surface area contributed by atoms with Gasteiger partial charge in [0.2, 0.25) is 0 Å². The van der Waals surface area contributed by atoms with Crippen LogP contribution in [0, 0.1) is 26.6 Å². The molecule has 3 N–H and O–H groups in total. The summed E-state index contributed by atoms with van der Waals surface area (Å²) in [6.07, 6.45) is 4.06. The fraction of sp³-hybridized carbons (Fsp3) is 0.227. The Hall–Kier alpha value is -3.48. The van der Waals surface area contributed by atoms with Crippen LogP contribution in [-0.2, 0) is 6.42 Å². The fourth-order valence-corrected chi connectivity index (χ4v) is 3.47. The zero-order chi connectivity index (χ0) is 20.4. The van der Waals surface area contributed by atoms with E-state index in [-0.39, 0.29) is 5.82 Å². The molecule has 1 aromatic carbocycles. The molecule has 0 aliphatic carbocycles. The number of aromatic amines is 1. The number of hydrogen-bond acceptors (Lipinski definition) is 5. The van der Waals surface area contributed by atoms with Crippen molar-refractivity contribution in [2.75, 3.05) is 17.2 Å². The smallest absolute Gasteiger partial charge is 0.147 e. The lowest BCUT2D eigenvalue weighted by Gasteiger charge is -2.09. The molecule has 0 bridgehead atoms. The molecule has 4 rings (SSSR count). The SMILES string of the molecule is Cc1ccc(Nc2cc(NCCc3c(C)[nH]c4c(F)ccc(C)c34)ncn2)nc1. The normalized spacial score (nSPS) is 11.0. The van der Waals surface area contributed by atoms with Gasteiger partial charge in [0.1, 0.15) is 29.6 Å². The van der Waals surface area contributed by atoms with Crippen molar-refractivity contribution in [3.05, 3.63) is 71.1 Å². The van der Waals surface area contributed by atoms with Gasteiger partial charge in [-0.2, -0.15) is 0 Å². The highest BCUT2D eigenvalue weighted by molar-refractivity contribution is 5.88. The average molecular weight is 390 g/mol. The van der Waals surface area contributed by atoms with E-state index in [9.17, 15) is 4.39 Å². The number of nitrogens with one attached hydrogen (secondary N) is 3. The van der Waals surface area contributed by atoms with E-state index in [2.05, 4.69) is 30.6 Å². The highest BCUT2D eigenvalue weighted by atomic mass is 19.1. The second kappa shape index (κ2) is 7.87. The number of nitrogens with zero attached hydrogens (tertiary/aromatic N) is 3. The first-order valence-corrected chi connectivity index (χ1v) is 9.53. The molecule has 0 spiro atoms. The van der Waals surface area contributed by atoms with Gasteiger partial charge >= 0.3 is 0 Å². The maximum absolute atomic E-state index is 14.1. The van der Waals surface area contributed by atoms with Gasteiger partial charge in [-0.15, -0.1) is 0 Å². The Kier molecular flexibility index (Phi) is 5.12. The molecule has 0 atom stereocenters. The van der Waals surface area contributed by atoms with Gasteiger partial charge in [0.15, 0.2) is 0 Å². The topological polar surface area (TPSA) is 78.5 Å². The Labute approximate surface area is 168 Å². The molecule has 0 aliphatic rings. The predicted octanol–water partition coefficient (Wildman–Crippen LogP) is 4.82. The van der Waals surface area contributed by atoms with Crippen molar-refractivity contribution in [2.24, 2.45) is 0 Å². The molecule has 0 fully saturated rings. The Morgan fingerprint density at radius 3 is 2.59 bits per heavy atom. The fourth-order valence-electron chi connectivity index (χ4n) is 3.47. The molecule has 148 valence electrons. The van der Waals surface area contributed by atoms with Crippen molar-refractivity contribution in [3.63, 3.8) is 0 Å². The summed E-state index contributed by atoms with van der Waals surface area (Å²) in [4.78, 5) is 16.0. The van der Waals surface area contributed by atoms with Gasteiger partial charge in [-0.05, 0) is 56.0 Å². The molecule has 3 heterocycles. The molecule has 0 saturated carbocycles. The van der Waals surface area contributed by atoms with Gasteiger partial charge in [-0.3, -0.25) is 0 Å². The quantitative estimate of drug-likeness (QED) is 0.440. The van der Waals surface area contributed by atoms with E-state index >= 15 is 0 Å². The van der Waals surface area contributed by atoms with E-state index in [1.165, 1.54) is 12.4 Å². The van der Waals surface area contributed by atoms with E-state index in [0.29, 0.717) is 17.9 Å². The summed E-state index contributed by atoms with van der Waals surface area (Å²) >= 11 is 0. The molecular formula is C22H23FN6. The van der Waals surface area contributed by atoms with Crippen LogP contribution < -0.4 is 10.6 Å². The molecule has 29 heavy (non-hydrogen) atoms. The Morgan fingerprint density at radius 1 is 0.966 bits per heavy atom. The number of aromatic nitrogens is 4. The van der Waals surface area contributed by atoms with Crippen LogP contribution in [0.2, 0.25) is 0 Å². The van der Waals surface area contributed by atoms with Crippen LogP contribution in [0.5, 0.6) is 0 Å². The number of rotatable bonds is 6. The molecule has 0 amide bonds. The summed E-state index contributed by atoms with van der Waals surface area (Å²) in [7, 11) is 0. The second-order valence-corrected chi connectivity index (χ2v) is 7.15. The van der Waals surface area contributed by atoms with Crippen molar-refractivity contribution in [1.82, 2.24) is 19.9 Å². The van der Waals surface area contributed by atoms with Gasteiger partial charge < -0.3 is 15.6 Å². The van der Waals surface area contributed by atoms with Gasteiger partial charge in [-0.1, -0.05) is 12.1 Å². The number of benzene rings is 1. The summed E-state index contributed by atoms with van der Waals surface area (Å²) in [5.74, 6) is 1.89. The summed E-state index contributed by atoms with van der Waals surface area (Å²) in [6, 6.07) is 9.07. The number of pyridine rings is 1. The van der Waals surface area contributed by atoms with Gasteiger partial charge in [0, 0.05) is 29.9 Å². The van der Waals surface area contributed by atoms with Crippen molar-refractivity contribution >= 4 is 28.4 Å². The van der Waals surface area contributed by atoms with Gasteiger partial charge in [0.05, 0.1) is 5.52 Å². The Balaban J connectivity index is 1.45. The number of H-pyrrole nitrogens is 1. The molecule has 0 unspecified atom stereocenters. The van der Waals surface area contributed by atoms with Gasteiger partial charge in [-0.25, -0.2) is 19.3 Å². The first-order valence-electron chi connectivity index (χ1n) is 9.53. The van der Waals surface area contributed by atoms with Crippen molar-refractivity contribution in [1.29, 1.82) is 0 Å². The van der Waals surface area contributed by atoms with Crippen LogP contribution in [-0.4, -0.2) is 26.5 Å². The Morgan fingerprint density at radius 2 is 1.79 bits per heavy atom. The third kappa shape index (κ3) is 4.03. The standard InChI is InChI=1S/C22H23FN6/c1-13-4-7-18(25-11-13)29-20-10-19(26-12-27-20)24-9-8-16-15(3)28-22-17(23)6-5-14(2)21(16)22/h4-7,10-12,28H,8-9H2,1-3H3,(H2,24,25,26,27,29). The summed E-state index contributed by atoms with van der Waals surface area (Å²) in [5.41, 5.74) is 4.87. The molecular weight excluding hydrogens is 367 g/mol. The number of hydrogen-bond donors (Lipinski definition) is 3. The van der Waals surface area contributed by atoms with Crippen molar-refractivity contribution in [2.45, 2.75) is 27.2 Å². The first kappa shape index (κ1) is 18.9. The van der Waals surface area contributed by atoms with Crippen LogP contribution in [0.15, 0.2) is 42.9 Å². The second-order valence-electron chi connectivity index (χ2n) is 7.15. The lowest BCUT2D eigenvalue weighted by Crippen LogP contribution is -2.08. The predicted molar refractivity (Wildman–Crippen MR) is 114 cm³/mol. The number of halogens is 1. The average Bonchev–Trinajstić information content (AvgIpc) is 3.05. The summed E-state index contributed by atoms with van der Waals surface area (Å²) < 4.78 is 14.1. The van der Waals surface area contributed by atoms with E-state index < -0.39 is 0 Å². The highest BCUT2D eigenvalue weighted by Crippen LogP contribution is 2.28. The molecule has 0 saturated heterocycles. The third-order valence-corrected chi connectivity index (χ3v) is 4.95. The lowest BCUT2D eigenvalue weighted by molar-refractivity contribution is 0.637. The minimum Gasteiger partial charge on any atom is -0.370 e. The third-order valence-electron chi connectivity index (χ3n) is 4.95. The zero-order valence-corrected chi connectivity index (χ0v) is 16.7. The first-order chi connectivity index (χ1) is 14.0. The highest BCUT2D eigenvalue weighted by Gasteiger charge is 2.13. The van der Waals surface area contributed by atoms with Crippen LogP contribution >= 0.6 is 0 Å². The number of fused-ring (bicyclic) bond motifs is 1. The van der Waals surface area contributed by atoms with E-state index in [1.807, 2.05) is 45.0 Å². The van der Waals surface area contributed by atoms with E-state index in [0.717, 1.165) is 45.8 Å². The van der Waals surface area contributed by atoms with Crippen LogP contribution in [0.4, 0.5) is 21.8 Å². The molecule has 7 heteroatoms. The maximum Gasteiger partial charge on any atom is 0.147 e. The van der Waals surface area contributed by atoms with Crippen LogP contribution in [0.1, 0.15) is 22.4 Å². The molecule has 4 aromatic rings. The molecule has 0 aliphatic heterocycles. The zero-order valence-electron chi connectivity index (χ0n) is 16.7. The molecule has 0 radical (unpaired) electrons. The lowest BCUT2D eigenvalue weighted by atomic mass is 10.0. The minimum absolute atomic E-state index is 0.218. The maximum atomic E-state index is 14.1.